The van der Waals surface area contributed by atoms with Crippen molar-refractivity contribution in [2.45, 2.75) is 136 Å². The fourth-order valence-electron chi connectivity index (χ4n) is 4.98. The van der Waals surface area contributed by atoms with E-state index in [9.17, 15) is 0 Å². The minimum Gasteiger partial charge on any atom is -0.0654 e. The number of unbranched alkanes of at least 4 members (excludes halogenated alkanes) is 5. The summed E-state index contributed by atoms with van der Waals surface area (Å²) in [6.45, 7) is 9.50. The van der Waals surface area contributed by atoms with Gasteiger partial charge in [0.1, 0.15) is 7.28 Å². The number of rotatable bonds is 13. The van der Waals surface area contributed by atoms with Crippen LogP contribution in [0.2, 0.25) is 11.6 Å². The summed E-state index contributed by atoms with van der Waals surface area (Å²) in [5.74, 6) is 4.01. The molecule has 1 rings (SSSR count). The average Bonchev–Trinajstić information content (AvgIpc) is 2.77. The Morgan fingerprint density at radius 3 is 2.29 bits per heavy atom. The lowest BCUT2D eigenvalue weighted by molar-refractivity contribution is 0.405. The highest BCUT2D eigenvalue weighted by Gasteiger charge is 2.23. The lowest BCUT2D eigenvalue weighted by Crippen LogP contribution is -2.13. The van der Waals surface area contributed by atoms with Crippen LogP contribution in [0.3, 0.4) is 0 Å². The second-order valence-electron chi connectivity index (χ2n) is 9.32. The minimum absolute atomic E-state index is 0.883. The highest BCUT2D eigenvalue weighted by Crippen LogP contribution is 2.37. The van der Waals surface area contributed by atoms with Crippen molar-refractivity contribution in [3.8, 4) is 0 Å². The Kier molecular flexibility index (Phi) is 13.1. The first-order chi connectivity index (χ1) is 11.7. The van der Waals surface area contributed by atoms with Gasteiger partial charge in [-0.15, -0.1) is 0 Å². The first-order valence-corrected chi connectivity index (χ1v) is 11.7. The van der Waals surface area contributed by atoms with E-state index in [1.165, 1.54) is 83.5 Å². The smallest absolute Gasteiger partial charge is 0.0654 e. The molecule has 1 aliphatic carbocycles. The Morgan fingerprint density at radius 1 is 0.833 bits per heavy atom. The summed E-state index contributed by atoms with van der Waals surface area (Å²) in [5.41, 5.74) is 0. The first kappa shape index (κ1) is 22.1. The van der Waals surface area contributed by atoms with Crippen LogP contribution in [0.5, 0.6) is 0 Å². The molecule has 1 saturated carbocycles. The summed E-state index contributed by atoms with van der Waals surface area (Å²) in [6, 6.07) is 0. The van der Waals surface area contributed by atoms with Crippen LogP contribution in [0, 0.1) is 11.8 Å². The molecule has 0 radical (unpaired) electrons. The molecule has 0 saturated heterocycles. The van der Waals surface area contributed by atoms with Gasteiger partial charge < -0.3 is 0 Å². The SMILES string of the molecule is CCCCCCCC1CCCC(BC(CCCC)CC(C)C)CC1. The predicted octanol–water partition coefficient (Wildman–Crippen LogP) is 8.18. The molecule has 0 nitrogen and oxygen atoms in total. The number of hydrogen-bond acceptors (Lipinski definition) is 0. The fourth-order valence-corrected chi connectivity index (χ4v) is 4.98. The van der Waals surface area contributed by atoms with Crippen LogP contribution in [-0.4, -0.2) is 7.28 Å². The van der Waals surface area contributed by atoms with Crippen LogP contribution in [0.25, 0.3) is 0 Å². The first-order valence-electron chi connectivity index (χ1n) is 11.7. The van der Waals surface area contributed by atoms with Gasteiger partial charge in [0.2, 0.25) is 0 Å². The molecule has 0 aromatic rings. The highest BCUT2D eigenvalue weighted by atomic mass is 14.2. The zero-order valence-corrected chi connectivity index (χ0v) is 17.6. The molecule has 0 heterocycles. The zero-order chi connectivity index (χ0) is 17.6. The van der Waals surface area contributed by atoms with Gasteiger partial charge in [-0.25, -0.2) is 0 Å². The van der Waals surface area contributed by atoms with Crippen LogP contribution in [0.15, 0.2) is 0 Å². The maximum atomic E-state index is 2.42. The van der Waals surface area contributed by atoms with Gasteiger partial charge in [0.25, 0.3) is 0 Å². The topological polar surface area (TPSA) is 0 Å². The van der Waals surface area contributed by atoms with E-state index in [0.717, 1.165) is 23.5 Å². The largest absolute Gasteiger partial charge is 0.127 e. The van der Waals surface area contributed by atoms with E-state index in [-0.39, 0.29) is 0 Å². The van der Waals surface area contributed by atoms with E-state index >= 15 is 0 Å². The van der Waals surface area contributed by atoms with Crippen molar-refractivity contribution < 1.29 is 0 Å². The van der Waals surface area contributed by atoms with Crippen molar-refractivity contribution >= 4 is 7.28 Å². The summed E-state index contributed by atoms with van der Waals surface area (Å²) >= 11 is 0. The molecule has 1 heteroatoms. The molecule has 1 fully saturated rings. The van der Waals surface area contributed by atoms with Gasteiger partial charge in [-0.2, -0.15) is 0 Å². The van der Waals surface area contributed by atoms with Crippen molar-refractivity contribution in [2.24, 2.45) is 11.8 Å². The Balaban J connectivity index is 2.27. The minimum atomic E-state index is 0.883. The molecular weight excluding hydrogens is 287 g/mol. The summed E-state index contributed by atoms with van der Waals surface area (Å²) in [6.07, 6.45) is 22.3. The molecule has 0 N–H and O–H groups in total. The van der Waals surface area contributed by atoms with Gasteiger partial charge in [0.05, 0.1) is 0 Å². The maximum Gasteiger partial charge on any atom is 0.127 e. The molecule has 1 aliphatic rings. The van der Waals surface area contributed by atoms with E-state index in [1.54, 1.807) is 20.1 Å². The standard InChI is InChI=1S/C23H47B/c1-5-7-9-10-11-13-21-14-12-16-22(18-17-21)24-23(15-8-6-2)19-20(3)4/h20-24H,5-19H2,1-4H3. The van der Waals surface area contributed by atoms with E-state index in [1.807, 2.05) is 0 Å². The van der Waals surface area contributed by atoms with Crippen LogP contribution in [0.1, 0.15) is 124 Å². The maximum absolute atomic E-state index is 2.42. The van der Waals surface area contributed by atoms with Gasteiger partial charge in [-0.05, 0) is 11.8 Å². The summed E-state index contributed by atoms with van der Waals surface area (Å²) < 4.78 is 0. The Labute approximate surface area is 155 Å². The van der Waals surface area contributed by atoms with Crippen molar-refractivity contribution in [1.82, 2.24) is 0 Å². The van der Waals surface area contributed by atoms with Gasteiger partial charge in [-0.3, -0.25) is 0 Å². The van der Waals surface area contributed by atoms with Crippen molar-refractivity contribution in [3.63, 3.8) is 0 Å². The van der Waals surface area contributed by atoms with E-state index in [0.29, 0.717) is 0 Å². The third-order valence-electron chi connectivity index (χ3n) is 6.36. The number of hydrogen-bond donors (Lipinski definition) is 0. The molecule has 0 aliphatic heterocycles. The van der Waals surface area contributed by atoms with Crippen LogP contribution in [-0.2, 0) is 0 Å². The molecule has 3 unspecified atom stereocenters. The second kappa shape index (κ2) is 14.3. The van der Waals surface area contributed by atoms with Crippen LogP contribution in [0.4, 0.5) is 0 Å². The molecular formula is C23H47B. The van der Waals surface area contributed by atoms with Crippen LogP contribution >= 0.6 is 0 Å². The van der Waals surface area contributed by atoms with E-state index < -0.39 is 0 Å². The summed E-state index contributed by atoms with van der Waals surface area (Å²) in [7, 11) is 1.54. The third-order valence-corrected chi connectivity index (χ3v) is 6.36. The van der Waals surface area contributed by atoms with Crippen LogP contribution < -0.4 is 0 Å². The molecule has 0 aromatic carbocycles. The van der Waals surface area contributed by atoms with E-state index in [2.05, 4.69) is 27.7 Å². The highest BCUT2D eigenvalue weighted by molar-refractivity contribution is 6.39. The predicted molar refractivity (Wildman–Crippen MR) is 114 cm³/mol. The van der Waals surface area contributed by atoms with Crippen molar-refractivity contribution in [2.75, 3.05) is 0 Å². The van der Waals surface area contributed by atoms with Crippen molar-refractivity contribution in [3.05, 3.63) is 0 Å². The Hall–Kier alpha value is 0.0649. The van der Waals surface area contributed by atoms with E-state index in [4.69, 9.17) is 0 Å². The molecule has 0 bridgehead atoms. The average molecular weight is 334 g/mol. The Bertz CT molecular complexity index is 273. The van der Waals surface area contributed by atoms with Gasteiger partial charge in [-0.1, -0.05) is 136 Å². The lowest BCUT2D eigenvalue weighted by atomic mass is 9.50. The van der Waals surface area contributed by atoms with Crippen molar-refractivity contribution in [1.29, 1.82) is 0 Å². The molecule has 0 aromatic heterocycles. The second-order valence-corrected chi connectivity index (χ2v) is 9.32. The quantitative estimate of drug-likeness (QED) is 0.181. The van der Waals surface area contributed by atoms with Gasteiger partial charge in [0.15, 0.2) is 0 Å². The fraction of sp³-hybridized carbons (Fsp3) is 1.00. The summed E-state index contributed by atoms with van der Waals surface area (Å²) in [4.78, 5) is 0. The third kappa shape index (κ3) is 10.8. The molecule has 0 amide bonds. The lowest BCUT2D eigenvalue weighted by Gasteiger charge is -2.23. The Morgan fingerprint density at radius 2 is 1.58 bits per heavy atom. The molecule has 142 valence electrons. The molecule has 0 spiro atoms. The van der Waals surface area contributed by atoms with Gasteiger partial charge >= 0.3 is 0 Å². The normalized spacial score (nSPS) is 23.2. The zero-order valence-electron chi connectivity index (χ0n) is 17.6. The monoisotopic (exact) mass is 334 g/mol. The molecule has 24 heavy (non-hydrogen) atoms. The summed E-state index contributed by atoms with van der Waals surface area (Å²) in [5, 5.41) is 0. The molecule has 3 atom stereocenters. The van der Waals surface area contributed by atoms with Gasteiger partial charge in [0, 0.05) is 0 Å².